The summed E-state index contributed by atoms with van der Waals surface area (Å²) < 4.78 is 30.0. The Morgan fingerprint density at radius 1 is 1.03 bits per heavy atom. The second-order valence-corrected chi connectivity index (χ2v) is 17.6. The quantitative estimate of drug-likeness (QED) is 0.263. The molecule has 0 amide bonds. The fourth-order valence-corrected chi connectivity index (χ4v) is 6.62. The molecule has 7 nitrogen and oxygen atoms in total. The Bertz CT molecular complexity index is 586. The number of halogens is 2. The number of aliphatic hydroxyl groups is 2. The van der Waals surface area contributed by atoms with Gasteiger partial charge in [-0.3, -0.25) is 0 Å². The summed E-state index contributed by atoms with van der Waals surface area (Å²) in [5.41, 5.74) is -1.28. The number of ether oxygens (including phenoxy) is 4. The topological polar surface area (TPSA) is 86.6 Å². The first-order valence-corrected chi connectivity index (χ1v) is 15.8. The maximum atomic E-state index is 11.1. The lowest BCUT2D eigenvalue weighted by Crippen LogP contribution is -2.66. The molecular weight excluding hydrogens is 634 g/mol. The monoisotopic (exact) mass is 672 g/mol. The van der Waals surface area contributed by atoms with Crippen LogP contribution in [-0.4, -0.2) is 82.2 Å². The fourth-order valence-electron chi connectivity index (χ4n) is 3.69. The molecule has 0 saturated carbocycles. The van der Waals surface area contributed by atoms with E-state index in [-0.39, 0.29) is 27.3 Å². The van der Waals surface area contributed by atoms with E-state index >= 15 is 0 Å². The minimum atomic E-state index is -2.03. The lowest BCUT2D eigenvalue weighted by Gasteiger charge is -2.51. The lowest BCUT2D eigenvalue weighted by molar-refractivity contribution is -0.316. The molecular formula is C20H38I2O7Si. The molecule has 0 aromatic carbocycles. The van der Waals surface area contributed by atoms with Gasteiger partial charge in [0.15, 0.2) is 20.9 Å². The Balaban J connectivity index is 2.20. The van der Waals surface area contributed by atoms with Crippen LogP contribution in [0.4, 0.5) is 0 Å². The van der Waals surface area contributed by atoms with Crippen molar-refractivity contribution >= 4 is 53.5 Å². The smallest absolute Gasteiger partial charge is 0.192 e. The average Bonchev–Trinajstić information content (AvgIpc) is 2.60. The van der Waals surface area contributed by atoms with Gasteiger partial charge < -0.3 is 33.6 Å². The molecule has 30 heavy (non-hydrogen) atoms. The van der Waals surface area contributed by atoms with E-state index < -0.39 is 42.6 Å². The maximum absolute atomic E-state index is 11.1. The van der Waals surface area contributed by atoms with Crippen LogP contribution in [-0.2, 0) is 23.4 Å². The van der Waals surface area contributed by atoms with Crippen LogP contribution in [0.25, 0.3) is 0 Å². The van der Waals surface area contributed by atoms with Crippen molar-refractivity contribution in [3.63, 3.8) is 0 Å². The molecule has 0 spiro atoms. The van der Waals surface area contributed by atoms with Gasteiger partial charge in [-0.15, -0.1) is 0 Å². The van der Waals surface area contributed by atoms with Crippen molar-refractivity contribution in [2.75, 3.05) is 7.11 Å². The summed E-state index contributed by atoms with van der Waals surface area (Å²) >= 11 is 4.29. The van der Waals surface area contributed by atoms with E-state index in [4.69, 9.17) is 23.4 Å². The summed E-state index contributed by atoms with van der Waals surface area (Å²) in [5.74, 6) is 0. The van der Waals surface area contributed by atoms with E-state index in [0.29, 0.717) is 0 Å². The van der Waals surface area contributed by atoms with Crippen LogP contribution in [0.15, 0.2) is 0 Å². The largest absolute Gasteiger partial charge is 0.409 e. The molecule has 2 aliphatic heterocycles. The van der Waals surface area contributed by atoms with E-state index in [1.54, 1.807) is 21.0 Å². The van der Waals surface area contributed by atoms with Crippen LogP contribution < -0.4 is 0 Å². The van der Waals surface area contributed by atoms with Crippen LogP contribution in [0.5, 0.6) is 0 Å². The van der Waals surface area contributed by atoms with Gasteiger partial charge in [0.25, 0.3) is 0 Å². The molecule has 10 atom stereocenters. The van der Waals surface area contributed by atoms with E-state index in [2.05, 4.69) is 56.5 Å². The van der Waals surface area contributed by atoms with E-state index in [1.807, 2.05) is 29.5 Å². The highest BCUT2D eigenvalue weighted by Gasteiger charge is 2.55. The summed E-state index contributed by atoms with van der Waals surface area (Å²) in [6.07, 6.45) is -3.49. The van der Waals surface area contributed by atoms with E-state index in [9.17, 15) is 10.2 Å². The Labute approximate surface area is 209 Å². The molecule has 2 aliphatic rings. The first-order chi connectivity index (χ1) is 13.5. The van der Waals surface area contributed by atoms with Gasteiger partial charge in [-0.25, -0.2) is 0 Å². The second-order valence-electron chi connectivity index (χ2n) is 10.1. The minimum absolute atomic E-state index is 0.0723. The molecule has 0 unspecified atom stereocenters. The van der Waals surface area contributed by atoms with Crippen LogP contribution in [0.1, 0.15) is 41.5 Å². The van der Waals surface area contributed by atoms with Gasteiger partial charge in [0.2, 0.25) is 0 Å². The molecule has 2 rings (SSSR count). The van der Waals surface area contributed by atoms with Gasteiger partial charge in [0, 0.05) is 7.11 Å². The zero-order valence-corrected chi connectivity index (χ0v) is 24.7. The van der Waals surface area contributed by atoms with Crippen LogP contribution >= 0.6 is 45.2 Å². The molecule has 0 aliphatic carbocycles. The van der Waals surface area contributed by atoms with E-state index in [0.717, 1.165) is 0 Å². The molecule has 2 fully saturated rings. The molecule has 0 bridgehead atoms. The first kappa shape index (κ1) is 27.6. The molecule has 0 aromatic rings. The lowest BCUT2D eigenvalue weighted by atomic mass is 9.88. The predicted octanol–water partition coefficient (Wildman–Crippen LogP) is 3.62. The third kappa shape index (κ3) is 5.54. The van der Waals surface area contributed by atoms with Crippen molar-refractivity contribution in [3.8, 4) is 0 Å². The highest BCUT2D eigenvalue weighted by Crippen LogP contribution is 2.42. The SMILES string of the molecule is CO[C@@H]1[C@@H](I)[C@H](O[C@H]2[C@H](C)O[C@@H](O)[C@H](I)[C@]2(C)O)O[C@H](C)[C@H]1O[Si](C)(C)C(C)(C)C. The van der Waals surface area contributed by atoms with Crippen molar-refractivity contribution in [3.05, 3.63) is 0 Å². The predicted molar refractivity (Wildman–Crippen MR) is 135 cm³/mol. The molecule has 0 aromatic heterocycles. The van der Waals surface area contributed by atoms with Crippen LogP contribution in [0.3, 0.4) is 0 Å². The van der Waals surface area contributed by atoms with Gasteiger partial charge in [0.05, 0.1) is 26.2 Å². The first-order valence-electron chi connectivity index (χ1n) is 10.4. The van der Waals surface area contributed by atoms with Gasteiger partial charge in [-0.05, 0) is 38.9 Å². The van der Waals surface area contributed by atoms with Gasteiger partial charge in [-0.1, -0.05) is 66.0 Å². The Hall–Kier alpha value is 1.40. The zero-order chi connectivity index (χ0) is 23.2. The summed E-state index contributed by atoms with van der Waals surface area (Å²) in [5, 5.41) is 21.2. The third-order valence-electron chi connectivity index (χ3n) is 6.66. The van der Waals surface area contributed by atoms with E-state index in [1.165, 1.54) is 0 Å². The number of hydrogen-bond donors (Lipinski definition) is 2. The third-order valence-corrected chi connectivity index (χ3v) is 14.3. The van der Waals surface area contributed by atoms with Crippen LogP contribution in [0.2, 0.25) is 18.1 Å². The highest BCUT2D eigenvalue weighted by atomic mass is 127. The van der Waals surface area contributed by atoms with Gasteiger partial charge in [-0.2, -0.15) is 0 Å². The Kier molecular flexibility index (Phi) is 9.16. The van der Waals surface area contributed by atoms with Crippen LogP contribution in [0, 0.1) is 0 Å². The standard InChI is InChI=1S/C20H38I2O7Si/c1-10-13(29-30(8,9)19(3,4)5)14(25-7)12(21)18(27-10)28-16-11(2)26-17(23)15(22)20(16,6)24/h10-18,23-24H,1-9H3/t10-,11+,12-,13-,14-,15+,16+,17-,18+,20+/m1/s1. The minimum Gasteiger partial charge on any atom is -0.409 e. The van der Waals surface area contributed by atoms with Crippen molar-refractivity contribution in [1.29, 1.82) is 0 Å². The summed E-state index contributed by atoms with van der Waals surface area (Å²) in [6.45, 7) is 16.5. The summed E-state index contributed by atoms with van der Waals surface area (Å²) in [7, 11) is -0.342. The number of alkyl halides is 2. The Morgan fingerprint density at radius 3 is 2.10 bits per heavy atom. The van der Waals surface area contributed by atoms with Gasteiger partial charge >= 0.3 is 0 Å². The van der Waals surface area contributed by atoms with Crippen molar-refractivity contribution < 1.29 is 33.6 Å². The number of hydrogen-bond acceptors (Lipinski definition) is 7. The molecule has 0 radical (unpaired) electrons. The number of rotatable bonds is 5. The van der Waals surface area contributed by atoms with Gasteiger partial charge in [0.1, 0.15) is 17.8 Å². The highest BCUT2D eigenvalue weighted by molar-refractivity contribution is 14.1. The molecule has 2 heterocycles. The van der Waals surface area contributed by atoms with Crippen molar-refractivity contribution in [1.82, 2.24) is 0 Å². The molecule has 2 saturated heterocycles. The Morgan fingerprint density at radius 2 is 1.60 bits per heavy atom. The summed E-state index contributed by atoms with van der Waals surface area (Å²) in [6, 6.07) is 0. The number of aliphatic hydroxyl groups excluding tert-OH is 1. The maximum Gasteiger partial charge on any atom is 0.192 e. The normalized spacial score (nSPS) is 46.1. The average molecular weight is 672 g/mol. The molecule has 2 N–H and O–H groups in total. The fraction of sp³-hybridized carbons (Fsp3) is 1.00. The summed E-state index contributed by atoms with van der Waals surface area (Å²) in [4.78, 5) is 0. The van der Waals surface area contributed by atoms with Crippen molar-refractivity contribution in [2.24, 2.45) is 0 Å². The second kappa shape index (κ2) is 9.94. The molecule has 178 valence electrons. The molecule has 10 heteroatoms. The van der Waals surface area contributed by atoms with Crippen molar-refractivity contribution in [2.45, 2.75) is 116 Å². The zero-order valence-electron chi connectivity index (χ0n) is 19.4. The number of methoxy groups -OCH3 is 1.